The van der Waals surface area contributed by atoms with Crippen molar-refractivity contribution in [3.63, 3.8) is 0 Å². The summed E-state index contributed by atoms with van der Waals surface area (Å²) in [5.41, 5.74) is 0.504. The van der Waals surface area contributed by atoms with Gasteiger partial charge in [-0.1, -0.05) is 20.8 Å². The lowest BCUT2D eigenvalue weighted by Crippen LogP contribution is -2.40. The molecule has 1 fully saturated rings. The van der Waals surface area contributed by atoms with E-state index in [1.54, 1.807) is 6.92 Å². The summed E-state index contributed by atoms with van der Waals surface area (Å²) in [6.07, 6.45) is 3.46. The first-order valence-corrected chi connectivity index (χ1v) is 6.35. The van der Waals surface area contributed by atoms with E-state index in [0.29, 0.717) is 5.41 Å². The first kappa shape index (κ1) is 13.5. The topological polar surface area (TPSA) is 40.5 Å². The third-order valence-electron chi connectivity index (χ3n) is 3.90. The highest BCUT2D eigenvalue weighted by atomic mass is 16.4. The molecule has 0 radical (unpaired) electrons. The van der Waals surface area contributed by atoms with Gasteiger partial charge >= 0.3 is 5.97 Å². The molecular weight excluding hydrogens is 202 g/mol. The average Bonchev–Trinajstić information content (AvgIpc) is 2.80. The summed E-state index contributed by atoms with van der Waals surface area (Å²) in [7, 11) is 0. The average molecular weight is 227 g/mol. The molecule has 3 heteroatoms. The molecule has 0 spiro atoms. The van der Waals surface area contributed by atoms with Gasteiger partial charge in [0, 0.05) is 0 Å². The van der Waals surface area contributed by atoms with Crippen LogP contribution in [0.25, 0.3) is 0 Å². The minimum Gasteiger partial charge on any atom is -0.480 e. The van der Waals surface area contributed by atoms with Crippen LogP contribution in [0.4, 0.5) is 0 Å². The largest absolute Gasteiger partial charge is 0.480 e. The van der Waals surface area contributed by atoms with Crippen molar-refractivity contribution in [2.24, 2.45) is 11.3 Å². The van der Waals surface area contributed by atoms with Gasteiger partial charge in [0.25, 0.3) is 0 Å². The molecule has 0 aliphatic heterocycles. The fourth-order valence-corrected chi connectivity index (χ4v) is 2.33. The lowest BCUT2D eigenvalue weighted by atomic mass is 10.1. The molecule has 0 heterocycles. The molecule has 2 unspecified atom stereocenters. The third kappa shape index (κ3) is 3.48. The zero-order chi connectivity index (χ0) is 12.3. The Bertz CT molecular complexity index is 250. The van der Waals surface area contributed by atoms with Crippen LogP contribution in [0.5, 0.6) is 0 Å². The molecule has 1 aliphatic carbocycles. The first-order chi connectivity index (χ1) is 7.38. The Morgan fingerprint density at radius 3 is 2.44 bits per heavy atom. The Kier molecular flexibility index (Phi) is 4.36. The van der Waals surface area contributed by atoms with Crippen LogP contribution in [0, 0.1) is 11.3 Å². The molecule has 16 heavy (non-hydrogen) atoms. The molecule has 0 aromatic rings. The van der Waals surface area contributed by atoms with Crippen molar-refractivity contribution >= 4 is 5.97 Å². The quantitative estimate of drug-likeness (QED) is 0.727. The lowest BCUT2D eigenvalue weighted by molar-refractivity contribution is -0.142. The normalized spacial score (nSPS) is 24.4. The number of hydrogen-bond donors (Lipinski definition) is 1. The van der Waals surface area contributed by atoms with Gasteiger partial charge in [-0.3, -0.25) is 9.69 Å². The van der Waals surface area contributed by atoms with Crippen LogP contribution in [0.15, 0.2) is 0 Å². The van der Waals surface area contributed by atoms with Crippen LogP contribution < -0.4 is 0 Å². The zero-order valence-corrected chi connectivity index (χ0v) is 11.0. The Morgan fingerprint density at radius 1 is 1.50 bits per heavy atom. The smallest absolute Gasteiger partial charge is 0.320 e. The molecule has 0 saturated heterocycles. The number of carboxylic acid groups (broad SMARTS) is 1. The summed E-state index contributed by atoms with van der Waals surface area (Å²) in [6, 6.07) is -0.346. The van der Waals surface area contributed by atoms with E-state index in [4.69, 9.17) is 5.11 Å². The van der Waals surface area contributed by atoms with Crippen LogP contribution in [-0.4, -0.2) is 35.1 Å². The second-order valence-corrected chi connectivity index (χ2v) is 5.73. The number of nitrogens with zero attached hydrogens (tertiary/aromatic N) is 1. The summed E-state index contributed by atoms with van der Waals surface area (Å²) in [5.74, 6) is 0.0939. The van der Waals surface area contributed by atoms with E-state index in [0.717, 1.165) is 31.8 Å². The highest BCUT2D eigenvalue weighted by Gasteiger charge is 2.44. The molecule has 0 aromatic heterocycles. The summed E-state index contributed by atoms with van der Waals surface area (Å²) in [4.78, 5) is 13.1. The van der Waals surface area contributed by atoms with Crippen molar-refractivity contribution in [2.45, 2.75) is 53.0 Å². The van der Waals surface area contributed by atoms with Gasteiger partial charge in [0.05, 0.1) is 0 Å². The van der Waals surface area contributed by atoms with Crippen LogP contribution >= 0.6 is 0 Å². The standard InChI is InChI=1S/C13H25NO2/c1-5-7-14(10(2)12(15)16)8-6-11-9-13(11,3)4/h10-11H,5-9H2,1-4H3,(H,15,16). The fourth-order valence-electron chi connectivity index (χ4n) is 2.33. The van der Waals surface area contributed by atoms with E-state index in [2.05, 4.69) is 25.7 Å². The Hall–Kier alpha value is -0.570. The third-order valence-corrected chi connectivity index (χ3v) is 3.90. The van der Waals surface area contributed by atoms with E-state index < -0.39 is 5.97 Å². The van der Waals surface area contributed by atoms with Gasteiger partial charge < -0.3 is 5.11 Å². The molecule has 2 atom stereocenters. The summed E-state index contributed by atoms with van der Waals surface area (Å²) in [5, 5.41) is 9.02. The maximum atomic E-state index is 11.0. The second-order valence-electron chi connectivity index (χ2n) is 5.73. The number of aliphatic carboxylic acids is 1. The Labute approximate surface area is 98.8 Å². The second kappa shape index (κ2) is 5.17. The first-order valence-electron chi connectivity index (χ1n) is 6.35. The number of carboxylic acids is 1. The van der Waals surface area contributed by atoms with Gasteiger partial charge in [-0.05, 0) is 50.6 Å². The van der Waals surface area contributed by atoms with Gasteiger partial charge in [0.2, 0.25) is 0 Å². The van der Waals surface area contributed by atoms with Gasteiger partial charge in [-0.15, -0.1) is 0 Å². The molecule has 1 N–H and O–H groups in total. The van der Waals surface area contributed by atoms with Crippen LogP contribution in [0.3, 0.4) is 0 Å². The molecule has 0 amide bonds. The van der Waals surface area contributed by atoms with Crippen molar-refractivity contribution in [1.82, 2.24) is 4.90 Å². The van der Waals surface area contributed by atoms with E-state index >= 15 is 0 Å². The number of hydrogen-bond acceptors (Lipinski definition) is 2. The lowest BCUT2D eigenvalue weighted by Gasteiger charge is -2.25. The maximum absolute atomic E-state index is 11.0. The monoisotopic (exact) mass is 227 g/mol. The molecule has 94 valence electrons. The highest BCUT2D eigenvalue weighted by Crippen LogP contribution is 2.53. The molecule has 3 nitrogen and oxygen atoms in total. The molecular formula is C13H25NO2. The van der Waals surface area contributed by atoms with Crippen molar-refractivity contribution in [3.8, 4) is 0 Å². The van der Waals surface area contributed by atoms with Crippen molar-refractivity contribution in [1.29, 1.82) is 0 Å². The minimum absolute atomic E-state index is 0.346. The summed E-state index contributed by atoms with van der Waals surface area (Å²) in [6.45, 7) is 10.3. The van der Waals surface area contributed by atoms with Crippen molar-refractivity contribution in [3.05, 3.63) is 0 Å². The molecule has 1 rings (SSSR count). The van der Waals surface area contributed by atoms with Crippen molar-refractivity contribution < 1.29 is 9.90 Å². The number of carbonyl (C=O) groups is 1. The predicted molar refractivity (Wildman–Crippen MR) is 65.5 cm³/mol. The van der Waals surface area contributed by atoms with Gasteiger partial charge in [0.1, 0.15) is 6.04 Å². The van der Waals surface area contributed by atoms with E-state index in [1.807, 2.05) is 0 Å². The van der Waals surface area contributed by atoms with Crippen LogP contribution in [0.1, 0.15) is 47.0 Å². The molecule has 0 aromatic carbocycles. The summed E-state index contributed by atoms with van der Waals surface area (Å²) >= 11 is 0. The van der Waals surface area contributed by atoms with Crippen LogP contribution in [0.2, 0.25) is 0 Å². The van der Waals surface area contributed by atoms with Gasteiger partial charge in [-0.2, -0.15) is 0 Å². The molecule has 1 saturated carbocycles. The fraction of sp³-hybridized carbons (Fsp3) is 0.923. The number of rotatable bonds is 7. The van der Waals surface area contributed by atoms with E-state index in [1.165, 1.54) is 6.42 Å². The predicted octanol–water partition coefficient (Wildman–Crippen LogP) is 2.61. The summed E-state index contributed by atoms with van der Waals surface area (Å²) < 4.78 is 0. The van der Waals surface area contributed by atoms with Gasteiger partial charge in [-0.25, -0.2) is 0 Å². The highest BCUT2D eigenvalue weighted by molar-refractivity contribution is 5.72. The van der Waals surface area contributed by atoms with E-state index in [-0.39, 0.29) is 6.04 Å². The Balaban J connectivity index is 2.36. The molecule has 0 bridgehead atoms. The molecule has 1 aliphatic rings. The van der Waals surface area contributed by atoms with Gasteiger partial charge in [0.15, 0.2) is 0 Å². The van der Waals surface area contributed by atoms with Crippen molar-refractivity contribution in [2.75, 3.05) is 13.1 Å². The Morgan fingerprint density at radius 2 is 2.06 bits per heavy atom. The van der Waals surface area contributed by atoms with Crippen LogP contribution in [-0.2, 0) is 4.79 Å². The zero-order valence-electron chi connectivity index (χ0n) is 11.0. The SMILES string of the molecule is CCCN(CCC1CC1(C)C)C(C)C(=O)O. The van der Waals surface area contributed by atoms with E-state index in [9.17, 15) is 4.79 Å². The maximum Gasteiger partial charge on any atom is 0.320 e. The minimum atomic E-state index is -0.705.